The van der Waals surface area contributed by atoms with E-state index in [1.54, 1.807) is 18.2 Å². The summed E-state index contributed by atoms with van der Waals surface area (Å²) in [4.78, 5) is 26.0. The van der Waals surface area contributed by atoms with Crippen molar-refractivity contribution in [1.29, 1.82) is 0 Å². The Labute approximate surface area is 199 Å². The Morgan fingerprint density at radius 3 is 2.58 bits per heavy atom. The van der Waals surface area contributed by atoms with Gasteiger partial charge in [0, 0.05) is 16.5 Å². The fourth-order valence-electron chi connectivity index (χ4n) is 3.24. The van der Waals surface area contributed by atoms with Gasteiger partial charge in [-0.1, -0.05) is 44.5 Å². The molecule has 1 aliphatic rings. The van der Waals surface area contributed by atoms with Crippen molar-refractivity contribution in [2.75, 3.05) is 13.2 Å². The van der Waals surface area contributed by atoms with Crippen LogP contribution in [0, 0.1) is 11.2 Å². The van der Waals surface area contributed by atoms with Gasteiger partial charge in [0.15, 0.2) is 17.3 Å². The van der Waals surface area contributed by atoms with E-state index in [-0.39, 0.29) is 22.9 Å². The van der Waals surface area contributed by atoms with Crippen molar-refractivity contribution in [3.63, 3.8) is 0 Å². The van der Waals surface area contributed by atoms with Crippen LogP contribution in [0.2, 0.25) is 5.02 Å². The molecule has 2 aromatic carbocycles. The molecule has 172 valence electrons. The molecule has 8 heteroatoms. The number of carbonyl (C=O) groups is 1. The number of fused-ring (bicyclic) bond motifs is 1. The number of thiazole rings is 1. The summed E-state index contributed by atoms with van der Waals surface area (Å²) in [7, 11) is 0. The second-order valence-electron chi connectivity index (χ2n) is 8.74. The van der Waals surface area contributed by atoms with E-state index < -0.39 is 11.2 Å². The van der Waals surface area contributed by atoms with Crippen molar-refractivity contribution in [3.05, 3.63) is 77.9 Å². The van der Waals surface area contributed by atoms with E-state index in [9.17, 15) is 14.0 Å². The summed E-state index contributed by atoms with van der Waals surface area (Å²) >= 11 is 7.42. The molecule has 0 spiro atoms. The van der Waals surface area contributed by atoms with E-state index in [1.165, 1.54) is 34.1 Å². The van der Waals surface area contributed by atoms with Crippen molar-refractivity contribution in [2.45, 2.75) is 27.3 Å². The number of ether oxygens (including phenoxy) is 2. The van der Waals surface area contributed by atoms with Gasteiger partial charge >= 0.3 is 0 Å². The molecule has 0 aliphatic carbocycles. The first-order chi connectivity index (χ1) is 15.6. The molecule has 5 nitrogen and oxygen atoms in total. The Morgan fingerprint density at radius 1 is 1.15 bits per heavy atom. The van der Waals surface area contributed by atoms with Crippen LogP contribution in [0.3, 0.4) is 0 Å². The van der Waals surface area contributed by atoms with E-state index in [2.05, 4.69) is 0 Å². The molecule has 1 aliphatic heterocycles. The minimum Gasteiger partial charge on any atom is -0.486 e. The molecule has 2 heterocycles. The van der Waals surface area contributed by atoms with E-state index in [0.29, 0.717) is 39.5 Å². The molecule has 0 saturated carbocycles. The lowest BCUT2D eigenvalue weighted by Gasteiger charge is -2.18. The van der Waals surface area contributed by atoms with Crippen molar-refractivity contribution in [2.24, 2.45) is 5.41 Å². The van der Waals surface area contributed by atoms with E-state index in [0.717, 1.165) is 5.56 Å². The first-order valence-electron chi connectivity index (χ1n) is 10.4. The number of nitrogens with zero attached hydrogens (tertiary/aromatic N) is 1. The minimum atomic E-state index is -0.599. The topological polar surface area (TPSA) is 57.5 Å². The standard InChI is InChI=1S/C25H23ClFNO4S/c1-25(2,3)22(29)13-23-28(14-16-5-6-17(27)12-18(16)26)24(30)21(33-23)11-15-4-7-19-20(10-15)32-9-8-31-19/h4-7,10-13H,8-9,14H2,1-3H3/b21-11-,23-13-. The summed E-state index contributed by atoms with van der Waals surface area (Å²) < 4.78 is 27.1. The minimum absolute atomic E-state index is 0.103. The third-order valence-corrected chi connectivity index (χ3v) is 6.55. The molecule has 4 rings (SSSR count). The van der Waals surface area contributed by atoms with Gasteiger partial charge in [-0.25, -0.2) is 4.39 Å². The van der Waals surface area contributed by atoms with Crippen LogP contribution >= 0.6 is 22.9 Å². The van der Waals surface area contributed by atoms with Gasteiger partial charge in [-0.3, -0.25) is 14.2 Å². The molecular formula is C25H23ClFNO4S. The zero-order valence-electron chi connectivity index (χ0n) is 18.5. The predicted octanol–water partition coefficient (Wildman–Crippen LogP) is 3.75. The van der Waals surface area contributed by atoms with Crippen molar-refractivity contribution in [3.8, 4) is 11.5 Å². The number of hydrogen-bond donors (Lipinski definition) is 0. The highest BCUT2D eigenvalue weighted by Gasteiger charge is 2.20. The van der Waals surface area contributed by atoms with Crippen molar-refractivity contribution in [1.82, 2.24) is 4.57 Å². The first kappa shape index (κ1) is 23.3. The van der Waals surface area contributed by atoms with Crippen LogP contribution in [0.5, 0.6) is 11.5 Å². The Balaban J connectivity index is 1.85. The largest absolute Gasteiger partial charge is 0.486 e. The van der Waals surface area contributed by atoms with Crippen LogP contribution in [0.25, 0.3) is 12.2 Å². The fourth-order valence-corrected chi connectivity index (χ4v) is 4.51. The quantitative estimate of drug-likeness (QED) is 0.562. The second-order valence-corrected chi connectivity index (χ2v) is 10.2. The number of carbonyl (C=O) groups excluding carboxylic acids is 1. The third kappa shape index (κ3) is 5.20. The zero-order valence-corrected chi connectivity index (χ0v) is 20.1. The summed E-state index contributed by atoms with van der Waals surface area (Å²) in [6.07, 6.45) is 3.25. The predicted molar refractivity (Wildman–Crippen MR) is 128 cm³/mol. The molecule has 1 aromatic heterocycles. The molecule has 0 bridgehead atoms. The summed E-state index contributed by atoms with van der Waals surface area (Å²) in [6, 6.07) is 9.52. The van der Waals surface area contributed by atoms with Crippen molar-refractivity contribution >= 4 is 40.9 Å². The maximum absolute atomic E-state index is 13.5. The van der Waals surface area contributed by atoms with Crippen LogP contribution in [0.4, 0.5) is 4.39 Å². The molecule has 0 saturated heterocycles. The summed E-state index contributed by atoms with van der Waals surface area (Å²) in [5, 5.41) is 0.221. The molecule has 0 amide bonds. The van der Waals surface area contributed by atoms with Crippen LogP contribution in [0.15, 0.2) is 41.2 Å². The number of rotatable bonds is 4. The molecular weight excluding hydrogens is 465 g/mol. The Kier molecular flexibility index (Phi) is 6.45. The first-order valence-corrected chi connectivity index (χ1v) is 11.6. The summed E-state index contributed by atoms with van der Waals surface area (Å²) in [5.74, 6) is 0.731. The van der Waals surface area contributed by atoms with Gasteiger partial charge in [0.2, 0.25) is 0 Å². The number of Topliss-reactive ketones (excluding diaryl/α,β-unsaturated/α-hetero) is 1. The summed E-state index contributed by atoms with van der Waals surface area (Å²) in [5.41, 5.74) is 0.501. The van der Waals surface area contributed by atoms with Crippen LogP contribution < -0.4 is 24.2 Å². The third-order valence-electron chi connectivity index (χ3n) is 5.14. The molecule has 33 heavy (non-hydrogen) atoms. The van der Waals surface area contributed by atoms with Crippen molar-refractivity contribution < 1.29 is 18.7 Å². The Hall–Kier alpha value is -2.90. The molecule has 0 N–H and O–H groups in total. The van der Waals surface area contributed by atoms with E-state index in [1.807, 2.05) is 32.9 Å². The fraction of sp³-hybridized carbons (Fsp3) is 0.280. The molecule has 0 radical (unpaired) electrons. The smallest absolute Gasteiger partial charge is 0.269 e. The van der Waals surface area contributed by atoms with Gasteiger partial charge in [-0.2, -0.15) is 0 Å². The lowest BCUT2D eigenvalue weighted by Crippen LogP contribution is -2.33. The zero-order chi connectivity index (χ0) is 23.8. The SMILES string of the molecule is CC(C)(C)C(=O)/C=c1\s/c(=C\c2ccc3c(c2)OCCO3)c(=O)n1Cc1ccc(F)cc1Cl. The summed E-state index contributed by atoms with van der Waals surface area (Å²) in [6.45, 7) is 6.54. The maximum Gasteiger partial charge on any atom is 0.269 e. The van der Waals surface area contributed by atoms with Gasteiger partial charge in [0.1, 0.15) is 23.7 Å². The number of ketones is 1. The van der Waals surface area contributed by atoms with Gasteiger partial charge in [-0.05, 0) is 41.5 Å². The highest BCUT2D eigenvalue weighted by Crippen LogP contribution is 2.30. The molecule has 0 unspecified atom stereocenters. The second kappa shape index (κ2) is 9.15. The average Bonchev–Trinajstić information content (AvgIpc) is 3.03. The van der Waals surface area contributed by atoms with E-state index in [4.69, 9.17) is 21.1 Å². The van der Waals surface area contributed by atoms with Crippen LogP contribution in [-0.4, -0.2) is 23.6 Å². The Bertz CT molecular complexity index is 1400. The molecule has 0 fully saturated rings. The Morgan fingerprint density at radius 2 is 1.88 bits per heavy atom. The molecule has 0 atom stereocenters. The lowest BCUT2D eigenvalue weighted by atomic mass is 9.91. The van der Waals surface area contributed by atoms with Crippen LogP contribution in [-0.2, 0) is 11.3 Å². The monoisotopic (exact) mass is 487 g/mol. The maximum atomic E-state index is 13.5. The van der Waals surface area contributed by atoms with Gasteiger partial charge in [0.25, 0.3) is 5.56 Å². The number of aromatic nitrogens is 1. The number of hydrogen-bond acceptors (Lipinski definition) is 5. The number of benzene rings is 2. The van der Waals surface area contributed by atoms with Gasteiger partial charge in [0.05, 0.1) is 11.1 Å². The average molecular weight is 488 g/mol. The van der Waals surface area contributed by atoms with Gasteiger partial charge in [-0.15, -0.1) is 11.3 Å². The van der Waals surface area contributed by atoms with Gasteiger partial charge < -0.3 is 9.47 Å². The molecule has 3 aromatic rings. The highest BCUT2D eigenvalue weighted by atomic mass is 35.5. The lowest BCUT2D eigenvalue weighted by molar-refractivity contribution is -0.120. The normalized spacial score (nSPS) is 14.6. The van der Waals surface area contributed by atoms with Crippen LogP contribution in [0.1, 0.15) is 31.9 Å². The number of halogens is 2. The highest BCUT2D eigenvalue weighted by molar-refractivity contribution is 7.07. The van der Waals surface area contributed by atoms with E-state index >= 15 is 0 Å².